The van der Waals surface area contributed by atoms with E-state index in [-0.39, 0.29) is 11.1 Å². The van der Waals surface area contributed by atoms with E-state index in [0.717, 1.165) is 17.2 Å². The van der Waals surface area contributed by atoms with Gasteiger partial charge in [-0.3, -0.25) is 4.79 Å². The van der Waals surface area contributed by atoms with E-state index in [4.69, 9.17) is 14.7 Å². The van der Waals surface area contributed by atoms with Crippen LogP contribution >= 0.6 is 0 Å². The normalized spacial score (nSPS) is 10.5. The smallest absolute Gasteiger partial charge is 0.274 e. The Kier molecular flexibility index (Phi) is 8.14. The lowest BCUT2D eigenvalue weighted by molar-refractivity contribution is 0.0951. The number of nitriles is 1. The molecule has 0 heterocycles. The van der Waals surface area contributed by atoms with Crippen molar-refractivity contribution in [1.29, 1.82) is 5.26 Å². The zero-order valence-electron chi connectivity index (χ0n) is 19.0. The number of ether oxygens (including phenoxy) is 2. The van der Waals surface area contributed by atoms with E-state index in [1.54, 1.807) is 19.3 Å². The summed E-state index contributed by atoms with van der Waals surface area (Å²) in [5.41, 5.74) is 5.91. The average molecular weight is 458 g/mol. The van der Waals surface area contributed by atoms with Crippen LogP contribution in [0.25, 0.3) is 0 Å². The summed E-state index contributed by atoms with van der Waals surface area (Å²) in [5, 5.41) is 12.7. The monoisotopic (exact) mass is 457 g/mol. The molecule has 0 atom stereocenters. The van der Waals surface area contributed by atoms with E-state index in [1.807, 2.05) is 43.3 Å². The number of hydrogen-bond acceptors (Lipinski definition) is 5. The Morgan fingerprint density at radius 2 is 1.97 bits per heavy atom. The number of aryl methyl sites for hydroxylation is 1. The van der Waals surface area contributed by atoms with Crippen molar-refractivity contribution in [2.45, 2.75) is 20.0 Å². The second-order valence-corrected chi connectivity index (χ2v) is 7.48. The number of amides is 1. The van der Waals surface area contributed by atoms with Gasteiger partial charge in [0.05, 0.1) is 30.5 Å². The molecular weight excluding hydrogens is 433 g/mol. The lowest BCUT2D eigenvalue weighted by atomic mass is 10.1. The topological polar surface area (TPSA) is 83.7 Å². The molecule has 7 heteroatoms. The molecule has 0 radical (unpaired) electrons. The zero-order chi connectivity index (χ0) is 24.5. The summed E-state index contributed by atoms with van der Waals surface area (Å²) in [5.74, 6) is -0.410. The molecule has 3 aromatic rings. The van der Waals surface area contributed by atoms with Crippen molar-refractivity contribution in [2.75, 3.05) is 7.11 Å². The molecule has 0 aliphatic rings. The predicted molar refractivity (Wildman–Crippen MR) is 129 cm³/mol. The molecule has 1 N–H and O–H groups in total. The number of nitrogens with zero attached hydrogens (tertiary/aromatic N) is 2. The standard InChI is InChI=1S/C27H24FN3O3/c1-4-5-22-12-21(16-30-31-27(32)23-11-10-20(15-29)13-24(23)28)14-25(33-3)26(22)34-17-19-8-6-18(2)7-9-19/h4,6-14,16H,1,5,17H2,2-3H3,(H,31,32)/b30-16-. The highest BCUT2D eigenvalue weighted by Crippen LogP contribution is 2.34. The minimum atomic E-state index is -0.795. The molecule has 0 saturated heterocycles. The molecule has 34 heavy (non-hydrogen) atoms. The fourth-order valence-corrected chi connectivity index (χ4v) is 3.21. The number of halogens is 1. The first-order chi connectivity index (χ1) is 16.4. The molecule has 172 valence electrons. The Bertz CT molecular complexity index is 1260. The maximum absolute atomic E-state index is 14.0. The van der Waals surface area contributed by atoms with Crippen LogP contribution in [0.4, 0.5) is 4.39 Å². The lowest BCUT2D eigenvalue weighted by Crippen LogP contribution is -2.19. The van der Waals surface area contributed by atoms with Gasteiger partial charge in [-0.25, -0.2) is 9.82 Å². The highest BCUT2D eigenvalue weighted by molar-refractivity contribution is 5.95. The van der Waals surface area contributed by atoms with Gasteiger partial charge in [-0.1, -0.05) is 35.9 Å². The second kappa shape index (κ2) is 11.4. The summed E-state index contributed by atoms with van der Waals surface area (Å²) < 4.78 is 25.6. The van der Waals surface area contributed by atoms with Crippen molar-refractivity contribution in [3.05, 3.63) is 106 Å². The minimum Gasteiger partial charge on any atom is -0.493 e. The Morgan fingerprint density at radius 3 is 2.62 bits per heavy atom. The fourth-order valence-electron chi connectivity index (χ4n) is 3.21. The van der Waals surface area contributed by atoms with Crippen molar-refractivity contribution in [2.24, 2.45) is 5.10 Å². The number of benzene rings is 3. The third kappa shape index (κ3) is 6.08. The number of carbonyl (C=O) groups excluding carboxylic acids is 1. The molecular formula is C27H24FN3O3. The summed E-state index contributed by atoms with van der Waals surface area (Å²) in [4.78, 5) is 12.2. The number of hydrogen-bond donors (Lipinski definition) is 1. The minimum absolute atomic E-state index is 0.129. The maximum Gasteiger partial charge on any atom is 0.274 e. The van der Waals surface area contributed by atoms with Crippen LogP contribution in [-0.2, 0) is 13.0 Å². The number of hydrazone groups is 1. The lowest BCUT2D eigenvalue weighted by Gasteiger charge is -2.16. The molecule has 0 aromatic heterocycles. The number of rotatable bonds is 9. The van der Waals surface area contributed by atoms with Gasteiger partial charge in [-0.05, 0) is 54.8 Å². The average Bonchev–Trinajstić information content (AvgIpc) is 2.84. The third-order valence-corrected chi connectivity index (χ3v) is 4.96. The first-order valence-corrected chi connectivity index (χ1v) is 10.5. The molecule has 3 rings (SSSR count). The number of methoxy groups -OCH3 is 1. The first-order valence-electron chi connectivity index (χ1n) is 10.5. The van der Waals surface area contributed by atoms with E-state index in [2.05, 4.69) is 17.1 Å². The van der Waals surface area contributed by atoms with Gasteiger partial charge in [0.2, 0.25) is 0 Å². The van der Waals surface area contributed by atoms with Crippen LogP contribution in [0.3, 0.4) is 0 Å². The first kappa shape index (κ1) is 24.2. The molecule has 1 amide bonds. The molecule has 0 spiro atoms. The van der Waals surface area contributed by atoms with Crippen LogP contribution in [-0.4, -0.2) is 19.2 Å². The number of carbonyl (C=O) groups is 1. The summed E-state index contributed by atoms with van der Waals surface area (Å²) >= 11 is 0. The van der Waals surface area contributed by atoms with E-state index in [1.165, 1.54) is 23.9 Å². The molecule has 0 aliphatic carbocycles. The van der Waals surface area contributed by atoms with Gasteiger partial charge in [0.15, 0.2) is 11.5 Å². The number of allylic oxidation sites excluding steroid dienone is 1. The summed E-state index contributed by atoms with van der Waals surface area (Å²) in [7, 11) is 1.54. The van der Waals surface area contributed by atoms with Gasteiger partial charge in [0.25, 0.3) is 5.91 Å². The molecule has 6 nitrogen and oxygen atoms in total. The molecule has 3 aromatic carbocycles. The van der Waals surface area contributed by atoms with E-state index < -0.39 is 11.7 Å². The van der Waals surface area contributed by atoms with Gasteiger partial charge < -0.3 is 9.47 Å². The van der Waals surface area contributed by atoms with Crippen molar-refractivity contribution in [3.63, 3.8) is 0 Å². The quantitative estimate of drug-likeness (QED) is 0.276. The summed E-state index contributed by atoms with van der Waals surface area (Å²) in [6.07, 6.45) is 3.71. The molecule has 0 unspecified atom stereocenters. The van der Waals surface area contributed by atoms with Crippen LogP contribution in [0.15, 0.2) is 72.4 Å². The second-order valence-electron chi connectivity index (χ2n) is 7.48. The summed E-state index contributed by atoms with van der Waals surface area (Å²) in [6.45, 7) is 6.21. The van der Waals surface area contributed by atoms with Crippen LogP contribution < -0.4 is 14.9 Å². The molecule has 0 fully saturated rings. The van der Waals surface area contributed by atoms with Crippen molar-refractivity contribution in [1.82, 2.24) is 5.43 Å². The number of nitrogens with one attached hydrogen (secondary N) is 1. The van der Waals surface area contributed by atoms with Gasteiger partial charge >= 0.3 is 0 Å². The van der Waals surface area contributed by atoms with Gasteiger partial charge in [-0.2, -0.15) is 10.4 Å². The van der Waals surface area contributed by atoms with Gasteiger partial charge in [-0.15, -0.1) is 6.58 Å². The Morgan fingerprint density at radius 1 is 1.21 bits per heavy atom. The Labute approximate surface area is 198 Å². The van der Waals surface area contributed by atoms with Crippen molar-refractivity contribution in [3.8, 4) is 17.6 Å². The predicted octanol–water partition coefficient (Wildman–Crippen LogP) is 5.09. The van der Waals surface area contributed by atoms with E-state index in [9.17, 15) is 9.18 Å². The van der Waals surface area contributed by atoms with Crippen LogP contribution in [0.2, 0.25) is 0 Å². The Hall–Kier alpha value is -4.44. The van der Waals surface area contributed by atoms with Crippen molar-refractivity contribution >= 4 is 12.1 Å². The van der Waals surface area contributed by atoms with Gasteiger partial charge in [0, 0.05) is 5.56 Å². The Balaban J connectivity index is 1.77. The SMILES string of the molecule is C=CCc1cc(/C=N\NC(=O)c2ccc(C#N)cc2F)cc(OC)c1OCc1ccc(C)cc1. The molecule has 0 aliphatic heterocycles. The van der Waals surface area contributed by atoms with E-state index in [0.29, 0.717) is 30.1 Å². The van der Waals surface area contributed by atoms with Crippen LogP contribution in [0.5, 0.6) is 11.5 Å². The van der Waals surface area contributed by atoms with Crippen LogP contribution in [0, 0.1) is 24.1 Å². The largest absolute Gasteiger partial charge is 0.493 e. The molecule has 0 bridgehead atoms. The molecule has 0 saturated carbocycles. The zero-order valence-corrected chi connectivity index (χ0v) is 19.0. The summed E-state index contributed by atoms with van der Waals surface area (Å²) in [6, 6.07) is 17.1. The highest BCUT2D eigenvalue weighted by Gasteiger charge is 2.14. The van der Waals surface area contributed by atoms with E-state index >= 15 is 0 Å². The fraction of sp³-hybridized carbons (Fsp3) is 0.148. The van der Waals surface area contributed by atoms with Gasteiger partial charge in [0.1, 0.15) is 12.4 Å². The van der Waals surface area contributed by atoms with Crippen molar-refractivity contribution < 1.29 is 18.7 Å². The highest BCUT2D eigenvalue weighted by atomic mass is 19.1. The van der Waals surface area contributed by atoms with Crippen LogP contribution in [0.1, 0.15) is 38.2 Å². The maximum atomic E-state index is 14.0. The third-order valence-electron chi connectivity index (χ3n) is 4.96.